The molecular formula is C26H36O3Si. The van der Waals surface area contributed by atoms with Crippen LogP contribution in [0.3, 0.4) is 0 Å². The first-order valence-electron chi connectivity index (χ1n) is 11.2. The van der Waals surface area contributed by atoms with Gasteiger partial charge in [0.25, 0.3) is 0 Å². The van der Waals surface area contributed by atoms with E-state index in [9.17, 15) is 9.59 Å². The first-order chi connectivity index (χ1) is 14.2. The molecule has 162 valence electrons. The highest BCUT2D eigenvalue weighted by Crippen LogP contribution is 2.30. The van der Waals surface area contributed by atoms with Crippen molar-refractivity contribution in [2.75, 3.05) is 0 Å². The van der Waals surface area contributed by atoms with Crippen molar-refractivity contribution in [1.82, 2.24) is 0 Å². The molecule has 0 aromatic heterocycles. The molecule has 4 heteroatoms. The number of carbonyl (C=O) groups excluding carboxylic acids is 2. The fourth-order valence-electron chi connectivity index (χ4n) is 3.87. The van der Waals surface area contributed by atoms with Crippen LogP contribution in [0.1, 0.15) is 79.7 Å². The van der Waals surface area contributed by atoms with Gasteiger partial charge in [0.1, 0.15) is 5.60 Å². The maximum Gasteiger partial charge on any atom is 0.193 e. The van der Waals surface area contributed by atoms with Crippen LogP contribution in [0.25, 0.3) is 0 Å². The molecule has 0 atom stereocenters. The Balaban J connectivity index is 2.16. The minimum Gasteiger partial charge on any atom is -0.405 e. The summed E-state index contributed by atoms with van der Waals surface area (Å²) in [7, 11) is -1.97. The summed E-state index contributed by atoms with van der Waals surface area (Å²) in [5.74, 6) is -0.0582. The van der Waals surface area contributed by atoms with Crippen molar-refractivity contribution in [1.29, 1.82) is 0 Å². The molecule has 3 nitrogen and oxygen atoms in total. The van der Waals surface area contributed by atoms with Gasteiger partial charge in [-0.1, -0.05) is 94.1 Å². The Morgan fingerprint density at radius 3 is 1.77 bits per heavy atom. The molecule has 0 unspecified atom stereocenters. The second kappa shape index (κ2) is 10.8. The van der Waals surface area contributed by atoms with Crippen molar-refractivity contribution >= 4 is 19.9 Å². The molecule has 0 spiro atoms. The smallest absolute Gasteiger partial charge is 0.193 e. The number of ketones is 2. The number of hydrogen-bond acceptors (Lipinski definition) is 3. The quantitative estimate of drug-likeness (QED) is 0.270. The molecule has 0 radical (unpaired) electrons. The summed E-state index contributed by atoms with van der Waals surface area (Å²) < 4.78 is 6.62. The SMILES string of the molecule is CCCC[Si](C)(CCCC)OC(C)(C)C(=O)c1ccc(C(=O)c2ccccc2)cc1. The Morgan fingerprint density at radius 2 is 1.27 bits per heavy atom. The van der Waals surface area contributed by atoms with E-state index in [1.165, 1.54) is 0 Å². The van der Waals surface area contributed by atoms with E-state index in [0.29, 0.717) is 16.7 Å². The lowest BCUT2D eigenvalue weighted by atomic mass is 9.95. The van der Waals surface area contributed by atoms with Crippen molar-refractivity contribution in [3.8, 4) is 0 Å². The predicted octanol–water partition coefficient (Wildman–Crippen LogP) is 7.07. The number of rotatable bonds is 12. The molecule has 0 aliphatic carbocycles. The molecule has 0 fully saturated rings. The van der Waals surface area contributed by atoms with Crippen LogP contribution in [0.5, 0.6) is 0 Å². The van der Waals surface area contributed by atoms with Crippen LogP contribution in [0.2, 0.25) is 18.6 Å². The third-order valence-corrected chi connectivity index (χ3v) is 9.44. The third-order valence-electron chi connectivity index (χ3n) is 5.61. The average Bonchev–Trinajstić information content (AvgIpc) is 2.76. The van der Waals surface area contributed by atoms with Crippen LogP contribution in [0.4, 0.5) is 0 Å². The van der Waals surface area contributed by atoms with Gasteiger partial charge in [-0.2, -0.15) is 0 Å². The first-order valence-corrected chi connectivity index (χ1v) is 14.0. The van der Waals surface area contributed by atoms with Gasteiger partial charge in [-0.15, -0.1) is 0 Å². The molecule has 0 aliphatic heterocycles. The van der Waals surface area contributed by atoms with Crippen LogP contribution in [-0.4, -0.2) is 25.5 Å². The number of hydrogen-bond donors (Lipinski definition) is 0. The molecule has 0 bridgehead atoms. The Morgan fingerprint density at radius 1 is 0.800 bits per heavy atom. The average molecular weight is 425 g/mol. The van der Waals surface area contributed by atoms with E-state index in [0.717, 1.165) is 37.8 Å². The van der Waals surface area contributed by atoms with Gasteiger partial charge in [0.15, 0.2) is 19.9 Å². The van der Waals surface area contributed by atoms with E-state index < -0.39 is 13.9 Å². The van der Waals surface area contributed by atoms with Gasteiger partial charge in [0.2, 0.25) is 0 Å². The number of carbonyl (C=O) groups is 2. The summed E-state index contributed by atoms with van der Waals surface area (Å²) in [6.45, 7) is 10.4. The Kier molecular flexibility index (Phi) is 8.74. The van der Waals surface area contributed by atoms with Gasteiger partial charge in [-0.25, -0.2) is 0 Å². The normalized spacial score (nSPS) is 12.0. The number of unbranched alkanes of at least 4 members (excludes halogenated alkanes) is 2. The molecule has 0 aliphatic rings. The van der Waals surface area contributed by atoms with Crippen LogP contribution >= 0.6 is 0 Å². The Hall–Kier alpha value is -2.04. The topological polar surface area (TPSA) is 43.4 Å². The van der Waals surface area contributed by atoms with E-state index in [2.05, 4.69) is 20.4 Å². The van der Waals surface area contributed by atoms with Crippen molar-refractivity contribution in [3.63, 3.8) is 0 Å². The fraction of sp³-hybridized carbons (Fsp3) is 0.462. The number of Topliss-reactive ketones (excluding diaryl/α,β-unsaturated/α-hetero) is 1. The zero-order chi connectivity index (χ0) is 22.2. The van der Waals surface area contributed by atoms with Crippen molar-refractivity contribution in [3.05, 3.63) is 71.3 Å². The second-order valence-electron chi connectivity index (χ2n) is 8.87. The fourth-order valence-corrected chi connectivity index (χ4v) is 7.85. The standard InChI is InChI=1S/C26H36O3Si/c1-6-8-19-30(5,20-9-7-2)29-26(3,4)25(28)23-17-15-22(16-18-23)24(27)21-13-11-10-12-14-21/h10-18H,6-9,19-20H2,1-5H3. The largest absolute Gasteiger partial charge is 0.405 e. The summed E-state index contributed by atoms with van der Waals surface area (Å²) in [5, 5.41) is 0. The summed E-state index contributed by atoms with van der Waals surface area (Å²) in [6.07, 6.45) is 4.58. The molecule has 0 amide bonds. The molecule has 2 rings (SSSR count). The van der Waals surface area contributed by atoms with Gasteiger partial charge >= 0.3 is 0 Å². The maximum atomic E-state index is 13.3. The Labute approximate surface area is 183 Å². The zero-order valence-corrected chi connectivity index (χ0v) is 20.2. The van der Waals surface area contributed by atoms with Crippen molar-refractivity contribution in [2.45, 2.75) is 77.6 Å². The molecule has 2 aromatic rings. The van der Waals surface area contributed by atoms with Crippen LogP contribution in [0.15, 0.2) is 54.6 Å². The summed E-state index contributed by atoms with van der Waals surface area (Å²) in [4.78, 5) is 25.9. The lowest BCUT2D eigenvalue weighted by Crippen LogP contribution is -2.47. The van der Waals surface area contributed by atoms with E-state index in [1.54, 1.807) is 36.4 Å². The summed E-state index contributed by atoms with van der Waals surface area (Å²) >= 11 is 0. The van der Waals surface area contributed by atoms with Gasteiger partial charge in [0, 0.05) is 16.7 Å². The minimum absolute atomic E-state index is 0.0204. The van der Waals surface area contributed by atoms with Crippen LogP contribution in [0, 0.1) is 0 Å². The van der Waals surface area contributed by atoms with Crippen molar-refractivity contribution in [2.24, 2.45) is 0 Å². The van der Waals surface area contributed by atoms with Crippen molar-refractivity contribution < 1.29 is 14.0 Å². The lowest BCUT2D eigenvalue weighted by Gasteiger charge is -2.36. The predicted molar refractivity (Wildman–Crippen MR) is 127 cm³/mol. The molecule has 0 saturated carbocycles. The molecule has 0 N–H and O–H groups in total. The van der Waals surface area contributed by atoms with E-state index in [1.807, 2.05) is 32.0 Å². The zero-order valence-electron chi connectivity index (χ0n) is 19.2. The summed E-state index contributed by atoms with van der Waals surface area (Å²) in [6, 6.07) is 18.3. The molecule has 2 aromatic carbocycles. The van der Waals surface area contributed by atoms with Gasteiger partial charge in [-0.05, 0) is 32.5 Å². The highest BCUT2D eigenvalue weighted by atomic mass is 28.4. The lowest BCUT2D eigenvalue weighted by molar-refractivity contribution is 0.0544. The monoisotopic (exact) mass is 424 g/mol. The summed E-state index contributed by atoms with van der Waals surface area (Å²) in [5.41, 5.74) is 0.954. The van der Waals surface area contributed by atoms with E-state index in [-0.39, 0.29) is 11.6 Å². The highest BCUT2D eigenvalue weighted by Gasteiger charge is 2.39. The second-order valence-corrected chi connectivity index (χ2v) is 13.0. The Bertz CT molecular complexity index is 817. The van der Waals surface area contributed by atoms with Gasteiger partial charge < -0.3 is 4.43 Å². The molecular weight excluding hydrogens is 388 g/mol. The third kappa shape index (κ3) is 6.48. The molecule has 0 saturated heterocycles. The van der Waals surface area contributed by atoms with Gasteiger partial charge in [0.05, 0.1) is 0 Å². The first kappa shape index (κ1) is 24.2. The molecule has 0 heterocycles. The highest BCUT2D eigenvalue weighted by molar-refractivity contribution is 6.72. The van der Waals surface area contributed by atoms with E-state index >= 15 is 0 Å². The molecule has 30 heavy (non-hydrogen) atoms. The minimum atomic E-state index is -1.97. The van der Waals surface area contributed by atoms with Crippen LogP contribution < -0.4 is 0 Å². The van der Waals surface area contributed by atoms with E-state index in [4.69, 9.17) is 4.43 Å². The van der Waals surface area contributed by atoms with Crippen LogP contribution in [-0.2, 0) is 4.43 Å². The van der Waals surface area contributed by atoms with Gasteiger partial charge in [-0.3, -0.25) is 9.59 Å². The maximum absolute atomic E-state index is 13.3. The number of benzene rings is 2.